The van der Waals surface area contributed by atoms with Gasteiger partial charge in [-0.1, -0.05) is 36.4 Å². The Morgan fingerprint density at radius 1 is 1.04 bits per heavy atom. The molecule has 27 heavy (non-hydrogen) atoms. The average molecular weight is 391 g/mol. The van der Waals surface area contributed by atoms with Crippen LogP contribution in [0.1, 0.15) is 17.3 Å². The number of benzene rings is 2. The van der Waals surface area contributed by atoms with E-state index in [9.17, 15) is 22.4 Å². The number of rotatable bonds is 6. The van der Waals surface area contributed by atoms with Crippen molar-refractivity contribution in [2.75, 3.05) is 7.11 Å². The highest BCUT2D eigenvalue weighted by atomic mass is 32.2. The van der Waals surface area contributed by atoms with Crippen molar-refractivity contribution in [2.45, 2.75) is 17.4 Å². The van der Waals surface area contributed by atoms with Gasteiger partial charge in [0.05, 0.1) is 12.0 Å². The second-order valence-corrected chi connectivity index (χ2v) is 7.65. The van der Waals surface area contributed by atoms with Crippen LogP contribution in [0.4, 0.5) is 4.39 Å². The Labute approximate surface area is 156 Å². The lowest BCUT2D eigenvalue weighted by atomic mass is 10.0. The van der Waals surface area contributed by atoms with Gasteiger partial charge in [-0.25, -0.2) is 13.2 Å². The van der Waals surface area contributed by atoms with Gasteiger partial charge in [0.15, 0.2) is 5.54 Å². The molecule has 0 heterocycles. The minimum Gasteiger partial charge on any atom is -0.467 e. The van der Waals surface area contributed by atoms with E-state index in [4.69, 9.17) is 0 Å². The summed E-state index contributed by atoms with van der Waals surface area (Å²) in [6.45, 7) is 1.15. The highest BCUT2D eigenvalue weighted by molar-refractivity contribution is 7.95. The van der Waals surface area contributed by atoms with E-state index in [1.807, 2.05) is 0 Å². The fourth-order valence-corrected chi connectivity index (χ4v) is 3.40. The molecule has 0 aliphatic rings. The van der Waals surface area contributed by atoms with Gasteiger partial charge in [0, 0.05) is 11.6 Å². The monoisotopic (exact) mass is 391 g/mol. The Hall–Kier alpha value is -3.00. The summed E-state index contributed by atoms with van der Waals surface area (Å²) in [7, 11) is -3.43. The van der Waals surface area contributed by atoms with Crippen LogP contribution in [-0.4, -0.2) is 32.9 Å². The SMILES string of the molecule is COC(=O)[C@](C)(/C=C(\F)S(=O)(=O)c1ccccc1)NC(=O)c1ccccc1. The van der Waals surface area contributed by atoms with Crippen LogP contribution in [0.3, 0.4) is 0 Å². The van der Waals surface area contributed by atoms with Crippen molar-refractivity contribution in [2.24, 2.45) is 0 Å². The van der Waals surface area contributed by atoms with Crippen molar-refractivity contribution in [3.63, 3.8) is 0 Å². The number of carbonyl (C=O) groups excluding carboxylic acids is 2. The van der Waals surface area contributed by atoms with Crippen molar-refractivity contribution in [3.8, 4) is 0 Å². The zero-order valence-corrected chi connectivity index (χ0v) is 15.5. The first-order chi connectivity index (χ1) is 12.7. The molecule has 0 radical (unpaired) electrons. The molecule has 142 valence electrons. The van der Waals surface area contributed by atoms with Gasteiger partial charge < -0.3 is 10.1 Å². The second-order valence-electron chi connectivity index (χ2n) is 5.78. The summed E-state index contributed by atoms with van der Waals surface area (Å²) in [6, 6.07) is 14.8. The van der Waals surface area contributed by atoms with Gasteiger partial charge in [-0.15, -0.1) is 0 Å². The topological polar surface area (TPSA) is 89.5 Å². The summed E-state index contributed by atoms with van der Waals surface area (Å²) < 4.78 is 44.0. The Bertz CT molecular complexity index is 958. The molecule has 0 aliphatic heterocycles. The molecule has 0 saturated carbocycles. The average Bonchev–Trinajstić information content (AvgIpc) is 2.68. The molecule has 1 atom stereocenters. The largest absolute Gasteiger partial charge is 0.467 e. The first-order valence-corrected chi connectivity index (χ1v) is 9.33. The molecule has 0 fully saturated rings. The first-order valence-electron chi connectivity index (χ1n) is 7.85. The number of sulfone groups is 1. The van der Waals surface area contributed by atoms with Crippen molar-refractivity contribution in [1.82, 2.24) is 5.32 Å². The summed E-state index contributed by atoms with van der Waals surface area (Å²) >= 11 is 0. The Morgan fingerprint density at radius 3 is 2.07 bits per heavy atom. The van der Waals surface area contributed by atoms with E-state index in [0.29, 0.717) is 6.08 Å². The summed E-state index contributed by atoms with van der Waals surface area (Å²) in [5, 5.41) is 0.746. The molecule has 0 aliphatic carbocycles. The highest BCUT2D eigenvalue weighted by Crippen LogP contribution is 2.23. The maximum absolute atomic E-state index is 14.6. The third-order valence-electron chi connectivity index (χ3n) is 3.73. The normalized spacial score (nSPS) is 14.1. The predicted molar refractivity (Wildman–Crippen MR) is 97.1 cm³/mol. The molecule has 1 amide bonds. The van der Waals surface area contributed by atoms with Crippen LogP contribution in [-0.2, 0) is 19.4 Å². The number of ether oxygens (including phenoxy) is 1. The maximum Gasteiger partial charge on any atom is 0.335 e. The van der Waals surface area contributed by atoms with Gasteiger partial charge in [-0.2, -0.15) is 4.39 Å². The van der Waals surface area contributed by atoms with Crippen LogP contribution in [0, 0.1) is 0 Å². The fraction of sp³-hybridized carbons (Fsp3) is 0.158. The number of hydrogen-bond acceptors (Lipinski definition) is 5. The van der Waals surface area contributed by atoms with Crippen LogP contribution < -0.4 is 5.32 Å². The van der Waals surface area contributed by atoms with E-state index in [-0.39, 0.29) is 10.5 Å². The van der Waals surface area contributed by atoms with Crippen molar-refractivity contribution in [3.05, 3.63) is 77.5 Å². The smallest absolute Gasteiger partial charge is 0.335 e. The Kier molecular flexibility index (Phi) is 6.12. The molecule has 1 N–H and O–H groups in total. The van der Waals surface area contributed by atoms with Crippen molar-refractivity contribution >= 4 is 21.7 Å². The van der Waals surface area contributed by atoms with Crippen LogP contribution in [0.25, 0.3) is 0 Å². The number of nitrogens with one attached hydrogen (secondary N) is 1. The summed E-state index contributed by atoms with van der Waals surface area (Å²) in [5.41, 5.74) is -1.82. The minimum absolute atomic E-state index is 0.215. The lowest BCUT2D eigenvalue weighted by Crippen LogP contribution is -2.51. The quantitative estimate of drug-likeness (QED) is 0.765. The third kappa shape index (κ3) is 4.59. The fourth-order valence-electron chi connectivity index (χ4n) is 2.27. The lowest BCUT2D eigenvalue weighted by molar-refractivity contribution is -0.145. The van der Waals surface area contributed by atoms with Gasteiger partial charge in [0.2, 0.25) is 15.0 Å². The van der Waals surface area contributed by atoms with Crippen LogP contribution >= 0.6 is 0 Å². The predicted octanol–water partition coefficient (Wildman–Crippen LogP) is 2.63. The van der Waals surface area contributed by atoms with Gasteiger partial charge in [0.1, 0.15) is 0 Å². The molecule has 8 heteroatoms. The Morgan fingerprint density at radius 2 is 1.56 bits per heavy atom. The molecule has 2 rings (SSSR count). The molecule has 0 unspecified atom stereocenters. The summed E-state index contributed by atoms with van der Waals surface area (Å²) in [5.74, 6) is -1.71. The standard InChI is InChI=1S/C19H18FNO5S/c1-19(18(23)26-2,21-17(22)14-9-5-3-6-10-14)13-16(20)27(24,25)15-11-7-4-8-12-15/h3-13H,1-2H3,(H,21,22)/b16-13+/t19-/m0/s1. The third-order valence-corrected chi connectivity index (χ3v) is 5.26. The zero-order valence-electron chi connectivity index (χ0n) is 14.7. The Balaban J connectivity index is 2.42. The van der Waals surface area contributed by atoms with E-state index in [2.05, 4.69) is 10.1 Å². The van der Waals surface area contributed by atoms with Gasteiger partial charge in [0.25, 0.3) is 5.91 Å². The molecule has 0 spiro atoms. The summed E-state index contributed by atoms with van der Waals surface area (Å²) in [6.07, 6.45) is 0.530. The number of amides is 1. The first kappa shape index (κ1) is 20.3. The molecular formula is C19H18FNO5S. The lowest BCUT2D eigenvalue weighted by Gasteiger charge is -2.24. The molecule has 2 aromatic rings. The molecular weight excluding hydrogens is 373 g/mol. The van der Waals surface area contributed by atoms with Gasteiger partial charge in [-0.05, 0) is 31.2 Å². The zero-order chi connectivity index (χ0) is 20.1. The highest BCUT2D eigenvalue weighted by Gasteiger charge is 2.37. The number of hydrogen-bond donors (Lipinski definition) is 1. The summed E-state index contributed by atoms with van der Waals surface area (Å²) in [4.78, 5) is 24.2. The number of methoxy groups -OCH3 is 1. The maximum atomic E-state index is 14.6. The molecule has 0 aromatic heterocycles. The second kappa shape index (κ2) is 8.13. The van der Waals surface area contributed by atoms with E-state index in [0.717, 1.165) is 14.0 Å². The molecule has 0 bridgehead atoms. The number of esters is 1. The van der Waals surface area contributed by atoms with E-state index in [1.165, 1.54) is 36.4 Å². The molecule has 0 saturated heterocycles. The van der Waals surface area contributed by atoms with Crippen LogP contribution in [0.2, 0.25) is 0 Å². The van der Waals surface area contributed by atoms with E-state index >= 15 is 0 Å². The minimum atomic E-state index is -4.48. The van der Waals surface area contributed by atoms with Crippen LogP contribution in [0.15, 0.2) is 76.8 Å². The van der Waals surface area contributed by atoms with Crippen molar-refractivity contribution in [1.29, 1.82) is 0 Å². The molecule has 2 aromatic carbocycles. The number of halogens is 1. The van der Waals surface area contributed by atoms with E-state index in [1.54, 1.807) is 24.3 Å². The van der Waals surface area contributed by atoms with Gasteiger partial charge >= 0.3 is 5.97 Å². The van der Waals surface area contributed by atoms with E-state index < -0.39 is 32.4 Å². The van der Waals surface area contributed by atoms with Crippen molar-refractivity contribution < 1.29 is 27.1 Å². The van der Waals surface area contributed by atoms with Gasteiger partial charge in [-0.3, -0.25) is 4.79 Å². The number of carbonyl (C=O) groups is 2. The molecule has 6 nitrogen and oxygen atoms in total. The van der Waals surface area contributed by atoms with Crippen LogP contribution in [0.5, 0.6) is 0 Å².